The minimum atomic E-state index is -2.93. The second kappa shape index (κ2) is 10.9. The molecule has 0 N–H and O–H groups in total. The van der Waals surface area contributed by atoms with E-state index in [2.05, 4.69) is 4.74 Å². The molecule has 0 aliphatic rings. The molecule has 0 bridgehead atoms. The molecule has 0 fully saturated rings. The van der Waals surface area contributed by atoms with Crippen LogP contribution in [0.4, 0.5) is 14.5 Å². The Hall–Kier alpha value is -4.27. The van der Waals surface area contributed by atoms with Crippen LogP contribution in [0.1, 0.15) is 21.5 Å². The third kappa shape index (κ3) is 6.60. The lowest BCUT2D eigenvalue weighted by atomic mass is 10.1. The van der Waals surface area contributed by atoms with E-state index in [-0.39, 0.29) is 23.8 Å². The largest absolute Gasteiger partial charge is 0.496 e. The van der Waals surface area contributed by atoms with E-state index < -0.39 is 11.5 Å². The molecule has 3 aromatic rings. The van der Waals surface area contributed by atoms with Crippen molar-refractivity contribution in [3.8, 4) is 17.2 Å². The maximum Gasteiger partial charge on any atom is 0.387 e. The molecule has 0 unspecified atom stereocenters. The smallest absolute Gasteiger partial charge is 0.387 e. The second-order valence-electron chi connectivity index (χ2n) is 6.71. The first-order chi connectivity index (χ1) is 15.9. The highest BCUT2D eigenvalue weighted by molar-refractivity contribution is 6.06. The molecular formula is C24H19F2NO6. The van der Waals surface area contributed by atoms with Gasteiger partial charge in [0.2, 0.25) is 0 Å². The minimum Gasteiger partial charge on any atom is -0.496 e. The summed E-state index contributed by atoms with van der Waals surface area (Å²) in [5, 5.41) is 10.8. The van der Waals surface area contributed by atoms with Gasteiger partial charge in [-0.25, -0.2) is 0 Å². The summed E-state index contributed by atoms with van der Waals surface area (Å²) >= 11 is 0. The molecule has 0 spiro atoms. The number of carbonyl (C=O) groups excluding carboxylic acids is 1. The van der Waals surface area contributed by atoms with Crippen molar-refractivity contribution in [2.75, 3.05) is 7.11 Å². The number of hydrogen-bond acceptors (Lipinski definition) is 6. The zero-order valence-electron chi connectivity index (χ0n) is 17.4. The van der Waals surface area contributed by atoms with Crippen molar-refractivity contribution < 1.29 is 32.7 Å². The Morgan fingerprint density at radius 1 is 1.03 bits per heavy atom. The van der Waals surface area contributed by atoms with Crippen LogP contribution in [-0.4, -0.2) is 24.4 Å². The zero-order valence-corrected chi connectivity index (χ0v) is 17.4. The third-order valence-electron chi connectivity index (χ3n) is 4.54. The van der Waals surface area contributed by atoms with Gasteiger partial charge in [-0.15, -0.1) is 0 Å². The average molecular weight is 455 g/mol. The number of rotatable bonds is 10. The number of nitro benzene ring substituents is 1. The van der Waals surface area contributed by atoms with Crippen LogP contribution in [0, 0.1) is 10.1 Å². The number of ether oxygens (including phenoxy) is 3. The maximum atomic E-state index is 12.4. The normalized spacial score (nSPS) is 10.9. The number of methoxy groups -OCH3 is 1. The molecule has 0 amide bonds. The molecule has 0 saturated carbocycles. The molecule has 0 heterocycles. The predicted molar refractivity (Wildman–Crippen MR) is 117 cm³/mol. The van der Waals surface area contributed by atoms with Crippen molar-refractivity contribution in [2.45, 2.75) is 13.2 Å². The minimum absolute atomic E-state index is 0.0293. The summed E-state index contributed by atoms with van der Waals surface area (Å²) in [5.74, 6) is 0.699. The van der Waals surface area contributed by atoms with Crippen molar-refractivity contribution in [3.05, 3.63) is 99.6 Å². The molecule has 3 rings (SSSR count). The Balaban J connectivity index is 1.68. The van der Waals surface area contributed by atoms with Gasteiger partial charge in [0.1, 0.15) is 23.9 Å². The van der Waals surface area contributed by atoms with E-state index in [1.54, 1.807) is 24.3 Å². The number of non-ortho nitro benzene ring substituents is 1. The van der Waals surface area contributed by atoms with Crippen molar-refractivity contribution >= 4 is 17.5 Å². The topological polar surface area (TPSA) is 87.9 Å². The molecule has 33 heavy (non-hydrogen) atoms. The van der Waals surface area contributed by atoms with Gasteiger partial charge in [0.15, 0.2) is 5.78 Å². The van der Waals surface area contributed by atoms with E-state index in [9.17, 15) is 23.7 Å². The quantitative estimate of drug-likeness (QED) is 0.169. The van der Waals surface area contributed by atoms with Crippen molar-refractivity contribution in [2.24, 2.45) is 0 Å². The lowest BCUT2D eigenvalue weighted by Gasteiger charge is -2.11. The molecule has 170 valence electrons. The number of ketones is 1. The van der Waals surface area contributed by atoms with Crippen molar-refractivity contribution in [1.82, 2.24) is 0 Å². The van der Waals surface area contributed by atoms with Gasteiger partial charge in [0, 0.05) is 23.3 Å². The highest BCUT2D eigenvalue weighted by Crippen LogP contribution is 2.24. The summed E-state index contributed by atoms with van der Waals surface area (Å²) in [6.45, 7) is -2.79. The lowest BCUT2D eigenvalue weighted by molar-refractivity contribution is -0.384. The number of halogens is 2. The Kier molecular flexibility index (Phi) is 7.69. The highest BCUT2D eigenvalue weighted by atomic mass is 19.3. The molecular weight excluding hydrogens is 436 g/mol. The van der Waals surface area contributed by atoms with E-state index in [0.29, 0.717) is 28.2 Å². The summed E-state index contributed by atoms with van der Waals surface area (Å²) in [7, 11) is 1.52. The summed E-state index contributed by atoms with van der Waals surface area (Å²) < 4.78 is 39.8. The van der Waals surface area contributed by atoms with Gasteiger partial charge < -0.3 is 14.2 Å². The van der Waals surface area contributed by atoms with Gasteiger partial charge in [-0.2, -0.15) is 8.78 Å². The molecule has 9 heteroatoms. The summed E-state index contributed by atoms with van der Waals surface area (Å²) in [5.41, 5.74) is 1.71. The summed E-state index contributed by atoms with van der Waals surface area (Å²) in [6.07, 6.45) is 2.98. The van der Waals surface area contributed by atoms with Crippen LogP contribution in [0.5, 0.6) is 17.2 Å². The molecule has 0 saturated heterocycles. The molecule has 3 aromatic carbocycles. The number of alkyl halides is 2. The van der Waals surface area contributed by atoms with Gasteiger partial charge in [0.05, 0.1) is 12.0 Å². The number of allylic oxidation sites excluding steroid dienone is 1. The molecule has 0 atom stereocenters. The Labute approximate surface area is 188 Å². The first-order valence-electron chi connectivity index (χ1n) is 9.67. The first kappa shape index (κ1) is 23.4. The number of nitro groups is 1. The van der Waals surface area contributed by atoms with Crippen LogP contribution in [0.15, 0.2) is 72.8 Å². The number of hydrogen-bond donors (Lipinski definition) is 0. The average Bonchev–Trinajstić information content (AvgIpc) is 2.81. The van der Waals surface area contributed by atoms with Crippen LogP contribution in [0.2, 0.25) is 0 Å². The molecule has 0 aromatic heterocycles. The first-order valence-corrected chi connectivity index (χ1v) is 9.67. The summed E-state index contributed by atoms with van der Waals surface area (Å²) in [4.78, 5) is 22.6. The monoisotopic (exact) mass is 455 g/mol. The van der Waals surface area contributed by atoms with Crippen LogP contribution in [-0.2, 0) is 6.61 Å². The van der Waals surface area contributed by atoms with E-state index >= 15 is 0 Å². The van der Waals surface area contributed by atoms with Crippen molar-refractivity contribution in [1.29, 1.82) is 0 Å². The fourth-order valence-electron chi connectivity index (χ4n) is 2.91. The lowest BCUT2D eigenvalue weighted by Crippen LogP contribution is -2.02. The summed E-state index contributed by atoms with van der Waals surface area (Å²) in [6, 6.07) is 16.4. The van der Waals surface area contributed by atoms with E-state index in [4.69, 9.17) is 9.47 Å². The second-order valence-corrected chi connectivity index (χ2v) is 6.71. The molecule has 0 aliphatic heterocycles. The third-order valence-corrected chi connectivity index (χ3v) is 4.54. The maximum absolute atomic E-state index is 12.4. The van der Waals surface area contributed by atoms with Crippen LogP contribution in [0.25, 0.3) is 6.08 Å². The molecule has 0 radical (unpaired) electrons. The van der Waals surface area contributed by atoms with Gasteiger partial charge in [-0.3, -0.25) is 14.9 Å². The standard InChI is InChI=1S/C24H19F2NO6/c1-31-23-13-3-16(2-12-22(28)17-4-8-21(9-5-17)33-24(25)26)14-18(23)15-32-20-10-6-19(7-11-20)27(29)30/h2-14,24H,15H2,1H3/b12-2+. The Morgan fingerprint density at radius 3 is 2.30 bits per heavy atom. The van der Waals surface area contributed by atoms with E-state index in [1.807, 2.05) is 0 Å². The Morgan fingerprint density at radius 2 is 1.70 bits per heavy atom. The molecule has 7 nitrogen and oxygen atoms in total. The highest BCUT2D eigenvalue weighted by Gasteiger charge is 2.09. The van der Waals surface area contributed by atoms with Crippen LogP contribution < -0.4 is 14.2 Å². The predicted octanol–water partition coefficient (Wildman–Crippen LogP) is 5.68. The van der Waals surface area contributed by atoms with Gasteiger partial charge in [0.25, 0.3) is 5.69 Å². The number of benzene rings is 3. The SMILES string of the molecule is COc1ccc(/C=C/C(=O)c2ccc(OC(F)F)cc2)cc1COc1ccc([N+](=O)[O-])cc1. The van der Waals surface area contributed by atoms with Gasteiger partial charge >= 0.3 is 6.61 Å². The van der Waals surface area contributed by atoms with Crippen molar-refractivity contribution in [3.63, 3.8) is 0 Å². The number of nitrogens with zero attached hydrogens (tertiary/aromatic N) is 1. The van der Waals surface area contributed by atoms with E-state index in [1.165, 1.54) is 61.7 Å². The fraction of sp³-hybridized carbons (Fsp3) is 0.125. The van der Waals surface area contributed by atoms with Gasteiger partial charge in [-0.05, 0) is 60.2 Å². The van der Waals surface area contributed by atoms with Crippen LogP contribution in [0.3, 0.4) is 0 Å². The fourth-order valence-corrected chi connectivity index (χ4v) is 2.91. The zero-order chi connectivity index (χ0) is 23.8. The number of carbonyl (C=O) groups is 1. The Bertz CT molecular complexity index is 1140. The van der Waals surface area contributed by atoms with Crippen LogP contribution >= 0.6 is 0 Å². The van der Waals surface area contributed by atoms with Gasteiger partial charge in [-0.1, -0.05) is 12.1 Å². The van der Waals surface area contributed by atoms with E-state index in [0.717, 1.165) is 0 Å². The molecule has 0 aliphatic carbocycles.